The molecule has 0 saturated heterocycles. The number of carbonyl (C=O) groups is 1. The Hall–Kier alpha value is -4.47. The molecule has 1 atom stereocenters. The van der Waals surface area contributed by atoms with Crippen LogP contribution in [-0.2, 0) is 24.4 Å². The van der Waals surface area contributed by atoms with E-state index >= 15 is 0 Å². The minimum absolute atomic E-state index is 0.0410. The second kappa shape index (κ2) is 12.0. The molecule has 8 nitrogen and oxygen atoms in total. The van der Waals surface area contributed by atoms with Crippen LogP contribution < -0.4 is 15.8 Å². The molecule has 9 heteroatoms. The number of amides is 2. The van der Waals surface area contributed by atoms with Crippen LogP contribution in [0.3, 0.4) is 0 Å². The summed E-state index contributed by atoms with van der Waals surface area (Å²) in [7, 11) is 0. The van der Waals surface area contributed by atoms with Crippen molar-refractivity contribution >= 4 is 34.5 Å². The average Bonchev–Trinajstić information content (AvgIpc) is 2.89. The van der Waals surface area contributed by atoms with Gasteiger partial charge in [0.25, 0.3) is 11.3 Å². The average molecular weight is 514 g/mol. The summed E-state index contributed by atoms with van der Waals surface area (Å²) in [6, 6.07) is 31.1. The molecule has 0 spiro atoms. The van der Waals surface area contributed by atoms with Crippen molar-refractivity contribution in [2.45, 2.75) is 13.1 Å². The highest BCUT2D eigenvalue weighted by molar-refractivity contribution is 7.80. The van der Waals surface area contributed by atoms with Gasteiger partial charge in [0.05, 0.1) is 5.69 Å². The number of carbonyl (C=O) groups excluding carboxylic acids is 1. The molecule has 0 heterocycles. The molecule has 4 rings (SSSR count). The van der Waals surface area contributed by atoms with Crippen molar-refractivity contribution in [2.75, 3.05) is 10.0 Å². The second-order valence-corrected chi connectivity index (χ2v) is 9.07. The number of amidine groups is 1. The largest absolute Gasteiger partial charge is 0.384 e. The minimum Gasteiger partial charge on any atom is -0.384 e. The summed E-state index contributed by atoms with van der Waals surface area (Å²) in [6.07, 6.45) is 0. The van der Waals surface area contributed by atoms with Crippen LogP contribution in [0.4, 0.5) is 16.2 Å². The quantitative estimate of drug-likeness (QED) is 0.116. The Balaban J connectivity index is 1.61. The lowest BCUT2D eigenvalue weighted by molar-refractivity contribution is 0.206. The highest BCUT2D eigenvalue weighted by Gasteiger charge is 2.17. The third kappa shape index (κ3) is 7.03. The predicted molar refractivity (Wildman–Crippen MR) is 148 cm³/mol. The number of nitrogens with one attached hydrogen (secondary N) is 3. The van der Waals surface area contributed by atoms with E-state index in [-0.39, 0.29) is 18.4 Å². The first-order chi connectivity index (χ1) is 17.9. The Morgan fingerprint density at radius 2 is 1.51 bits per heavy atom. The standard InChI is InChI=1S/C28H27N5O3S/c29-27(30)23-13-7-10-21(16-23)19-33(18-20-8-3-1-4-9-20)28(34)31-24-14-15-25(22-11-5-2-6-12-22)26(17-24)32-37(35)36/h1-17,32H,18-19H2,(H3,29,30)(H,31,34)(H,35,36). The zero-order valence-corrected chi connectivity index (χ0v) is 20.7. The molecule has 6 N–H and O–H groups in total. The topological polar surface area (TPSA) is 132 Å². The van der Waals surface area contributed by atoms with Crippen molar-refractivity contribution in [2.24, 2.45) is 5.73 Å². The van der Waals surface area contributed by atoms with Crippen LogP contribution in [0, 0.1) is 5.41 Å². The number of benzene rings is 4. The van der Waals surface area contributed by atoms with Gasteiger partial charge in [-0.2, -0.15) is 0 Å². The van der Waals surface area contributed by atoms with Gasteiger partial charge in [-0.25, -0.2) is 9.00 Å². The van der Waals surface area contributed by atoms with Crippen molar-refractivity contribution in [3.63, 3.8) is 0 Å². The third-order valence-corrected chi connectivity index (χ3v) is 6.06. The van der Waals surface area contributed by atoms with Crippen LogP contribution in [0.2, 0.25) is 0 Å². The van der Waals surface area contributed by atoms with Crippen molar-refractivity contribution < 1.29 is 13.6 Å². The minimum atomic E-state index is -2.29. The zero-order chi connectivity index (χ0) is 26.2. The van der Waals surface area contributed by atoms with Crippen molar-refractivity contribution in [3.05, 3.63) is 120 Å². The van der Waals surface area contributed by atoms with E-state index in [1.54, 1.807) is 41.3 Å². The number of urea groups is 1. The molecule has 37 heavy (non-hydrogen) atoms. The maximum atomic E-state index is 13.4. The van der Waals surface area contributed by atoms with Gasteiger partial charge in [-0.15, -0.1) is 0 Å². The van der Waals surface area contributed by atoms with Gasteiger partial charge in [0.2, 0.25) is 0 Å². The Kier molecular flexibility index (Phi) is 8.29. The molecule has 0 aliphatic rings. The summed E-state index contributed by atoms with van der Waals surface area (Å²) < 4.78 is 23.6. The molecule has 1 unspecified atom stereocenters. The molecule has 0 bridgehead atoms. The van der Waals surface area contributed by atoms with Gasteiger partial charge in [0, 0.05) is 29.9 Å². The SMILES string of the molecule is N=C(N)c1cccc(CN(Cc2ccccc2)C(=O)Nc2ccc(-c3ccccc3)c(NS(=O)O)c2)c1. The summed E-state index contributed by atoms with van der Waals surface area (Å²) in [6.45, 7) is 0.639. The fourth-order valence-corrected chi connectivity index (χ4v) is 4.29. The maximum Gasteiger partial charge on any atom is 0.322 e. The number of nitrogen functional groups attached to an aromatic ring is 1. The van der Waals surface area contributed by atoms with E-state index in [1.165, 1.54) is 0 Å². The Labute approximate surface area is 218 Å². The fraction of sp³-hybridized carbons (Fsp3) is 0.0714. The summed E-state index contributed by atoms with van der Waals surface area (Å²) in [5.41, 5.74) is 10.5. The van der Waals surface area contributed by atoms with Crippen molar-refractivity contribution in [1.29, 1.82) is 5.41 Å². The number of hydrogen-bond donors (Lipinski definition) is 5. The van der Waals surface area contributed by atoms with E-state index in [0.29, 0.717) is 23.5 Å². The molecule has 4 aromatic carbocycles. The first-order valence-corrected chi connectivity index (χ1v) is 12.6. The second-order valence-electron chi connectivity index (χ2n) is 8.36. The summed E-state index contributed by atoms with van der Waals surface area (Å²) in [5.74, 6) is -0.0410. The van der Waals surface area contributed by atoms with Gasteiger partial charge in [-0.1, -0.05) is 84.9 Å². The molecule has 0 aliphatic carbocycles. The van der Waals surface area contributed by atoms with E-state index < -0.39 is 11.3 Å². The van der Waals surface area contributed by atoms with Crippen LogP contribution in [0.25, 0.3) is 11.1 Å². The Bertz CT molecular complexity index is 1410. The molecule has 0 saturated carbocycles. The van der Waals surface area contributed by atoms with Gasteiger partial charge in [0.1, 0.15) is 5.84 Å². The number of anilines is 2. The van der Waals surface area contributed by atoms with Gasteiger partial charge < -0.3 is 16.0 Å². The van der Waals surface area contributed by atoms with Gasteiger partial charge in [-0.05, 0) is 34.9 Å². The molecule has 188 valence electrons. The number of nitrogens with two attached hydrogens (primary N) is 1. The highest BCUT2D eigenvalue weighted by atomic mass is 32.2. The first-order valence-electron chi connectivity index (χ1n) is 11.5. The van der Waals surface area contributed by atoms with E-state index in [4.69, 9.17) is 11.1 Å². The highest BCUT2D eigenvalue weighted by Crippen LogP contribution is 2.31. The lowest BCUT2D eigenvalue weighted by Crippen LogP contribution is -2.34. The number of nitrogens with zero attached hydrogens (tertiary/aromatic N) is 1. The van der Waals surface area contributed by atoms with Crippen LogP contribution in [0.5, 0.6) is 0 Å². The van der Waals surface area contributed by atoms with E-state index in [0.717, 1.165) is 22.3 Å². The smallest absolute Gasteiger partial charge is 0.322 e. The molecule has 4 aromatic rings. The van der Waals surface area contributed by atoms with Gasteiger partial charge in [-0.3, -0.25) is 14.7 Å². The molecule has 2 amide bonds. The molecule has 0 fully saturated rings. The third-order valence-electron chi connectivity index (χ3n) is 5.67. The summed E-state index contributed by atoms with van der Waals surface area (Å²) >= 11 is -2.29. The summed E-state index contributed by atoms with van der Waals surface area (Å²) in [5, 5.41) is 10.6. The lowest BCUT2D eigenvalue weighted by atomic mass is 10.0. The van der Waals surface area contributed by atoms with Crippen LogP contribution in [-0.4, -0.2) is 25.5 Å². The Morgan fingerprint density at radius 1 is 0.865 bits per heavy atom. The fourth-order valence-electron chi connectivity index (χ4n) is 3.93. The molecule has 0 radical (unpaired) electrons. The van der Waals surface area contributed by atoms with Crippen molar-refractivity contribution in [3.8, 4) is 11.1 Å². The van der Waals surface area contributed by atoms with E-state index in [9.17, 15) is 13.6 Å². The monoisotopic (exact) mass is 513 g/mol. The van der Waals surface area contributed by atoms with E-state index in [1.807, 2.05) is 66.7 Å². The normalized spacial score (nSPS) is 11.4. The van der Waals surface area contributed by atoms with E-state index in [2.05, 4.69) is 10.0 Å². The lowest BCUT2D eigenvalue weighted by Gasteiger charge is -2.24. The first kappa shape index (κ1) is 25.6. The van der Waals surface area contributed by atoms with Gasteiger partial charge >= 0.3 is 6.03 Å². The molecular formula is C28H27N5O3S. The van der Waals surface area contributed by atoms with Crippen LogP contribution in [0.1, 0.15) is 16.7 Å². The zero-order valence-electron chi connectivity index (χ0n) is 19.9. The summed E-state index contributed by atoms with van der Waals surface area (Å²) in [4.78, 5) is 15.1. The number of rotatable bonds is 9. The maximum absolute atomic E-state index is 13.4. The predicted octanol–water partition coefficient (Wildman–Crippen LogP) is 5.42. The van der Waals surface area contributed by atoms with Crippen LogP contribution >= 0.6 is 0 Å². The molecule has 0 aromatic heterocycles. The molecular weight excluding hydrogens is 486 g/mol. The molecule has 0 aliphatic heterocycles. The van der Waals surface area contributed by atoms with Crippen LogP contribution in [0.15, 0.2) is 103 Å². The van der Waals surface area contributed by atoms with Gasteiger partial charge in [0.15, 0.2) is 0 Å². The van der Waals surface area contributed by atoms with Crippen molar-refractivity contribution in [1.82, 2.24) is 4.90 Å². The Morgan fingerprint density at radius 3 is 2.19 bits per heavy atom. The number of hydrogen-bond acceptors (Lipinski definition) is 3.